The van der Waals surface area contributed by atoms with Crippen LogP contribution in [0.3, 0.4) is 0 Å². The molecule has 73 valence electrons. The third-order valence-electron chi connectivity index (χ3n) is 2.46. The van der Waals surface area contributed by atoms with Crippen LogP contribution in [0.4, 0.5) is 0 Å². The Labute approximate surface area is 84.6 Å². The summed E-state index contributed by atoms with van der Waals surface area (Å²) >= 11 is 0. The summed E-state index contributed by atoms with van der Waals surface area (Å²) in [6.07, 6.45) is 4.66. The summed E-state index contributed by atoms with van der Waals surface area (Å²) in [7, 11) is 0. The van der Waals surface area contributed by atoms with E-state index < -0.39 is 0 Å². The maximum Gasteiger partial charge on any atom is 0.273 e. The highest BCUT2D eigenvalue weighted by atomic mass is 16.5. The molecule has 1 aromatic rings. The van der Waals surface area contributed by atoms with E-state index in [1.807, 2.05) is 0 Å². The molecule has 0 amide bonds. The maximum absolute atomic E-state index is 4.95. The second-order valence-electron chi connectivity index (χ2n) is 3.71. The minimum absolute atomic E-state index is 0.316. The minimum Gasteiger partial charge on any atom is -0.472 e. The van der Waals surface area contributed by atoms with Gasteiger partial charge in [0.05, 0.1) is 6.04 Å². The molecule has 1 aliphatic rings. The molecule has 1 unspecified atom stereocenters. The van der Waals surface area contributed by atoms with Gasteiger partial charge in [-0.2, -0.15) is 0 Å². The van der Waals surface area contributed by atoms with E-state index >= 15 is 0 Å². The highest BCUT2D eigenvalue weighted by Gasteiger charge is 2.11. The molecular formula is C12H14NO. The molecule has 0 spiro atoms. The third kappa shape index (κ3) is 2.34. The second kappa shape index (κ2) is 4.27. The van der Waals surface area contributed by atoms with Crippen molar-refractivity contribution in [1.82, 2.24) is 0 Å². The molecule has 2 rings (SSSR count). The fourth-order valence-electron chi connectivity index (χ4n) is 1.52. The van der Waals surface area contributed by atoms with E-state index in [1.165, 1.54) is 11.1 Å². The Morgan fingerprint density at radius 2 is 2.21 bits per heavy atom. The number of hydrogen-bond donors (Lipinski definition) is 0. The summed E-state index contributed by atoms with van der Waals surface area (Å²) in [5.74, 6) is 0. The summed E-state index contributed by atoms with van der Waals surface area (Å²) in [4.78, 5) is 4.10. The van der Waals surface area contributed by atoms with Gasteiger partial charge in [0.2, 0.25) is 0 Å². The van der Waals surface area contributed by atoms with Gasteiger partial charge in [0.25, 0.3) is 6.40 Å². The first-order valence-corrected chi connectivity index (χ1v) is 4.97. The van der Waals surface area contributed by atoms with Gasteiger partial charge in [-0.05, 0) is 25.3 Å². The summed E-state index contributed by atoms with van der Waals surface area (Å²) in [6, 6.07) is 8.97. The van der Waals surface area contributed by atoms with Crippen LogP contribution in [0.15, 0.2) is 29.3 Å². The van der Waals surface area contributed by atoms with Crippen LogP contribution in [-0.4, -0.2) is 19.0 Å². The predicted molar refractivity (Wildman–Crippen MR) is 56.7 cm³/mol. The van der Waals surface area contributed by atoms with Crippen LogP contribution in [0.5, 0.6) is 0 Å². The lowest BCUT2D eigenvalue weighted by Gasteiger charge is -2.05. The van der Waals surface area contributed by atoms with Crippen molar-refractivity contribution in [3.05, 3.63) is 35.4 Å². The van der Waals surface area contributed by atoms with Crippen molar-refractivity contribution in [3.63, 3.8) is 0 Å². The van der Waals surface area contributed by atoms with E-state index in [9.17, 15) is 0 Å². The molecule has 1 aliphatic heterocycles. The van der Waals surface area contributed by atoms with Crippen molar-refractivity contribution in [2.45, 2.75) is 25.8 Å². The fraction of sp³-hybridized carbons (Fsp3) is 0.417. The SMILES string of the molecule is Cc1ccc(CCC2CO[C]=N2)cc1. The molecular weight excluding hydrogens is 174 g/mol. The maximum atomic E-state index is 4.95. The Kier molecular flexibility index (Phi) is 2.82. The van der Waals surface area contributed by atoms with E-state index in [0.29, 0.717) is 12.6 Å². The van der Waals surface area contributed by atoms with Gasteiger partial charge in [-0.15, -0.1) is 0 Å². The summed E-state index contributed by atoms with van der Waals surface area (Å²) in [5.41, 5.74) is 2.68. The standard InChI is InChI=1S/C12H14NO/c1-10-2-4-11(5-3-10)6-7-12-8-14-9-13-12/h2-5,12H,6-8H2,1H3. The summed E-state index contributed by atoms with van der Waals surface area (Å²) in [5, 5.41) is 0. The molecule has 0 saturated heterocycles. The predicted octanol–water partition coefficient (Wildman–Crippen LogP) is 2.23. The zero-order valence-electron chi connectivity index (χ0n) is 8.36. The largest absolute Gasteiger partial charge is 0.472 e. The number of nitrogens with zero attached hydrogens (tertiary/aromatic N) is 1. The van der Waals surface area contributed by atoms with E-state index in [1.54, 1.807) is 0 Å². The molecule has 2 heteroatoms. The molecule has 1 radical (unpaired) electrons. The average molecular weight is 188 g/mol. The van der Waals surface area contributed by atoms with Crippen LogP contribution in [0.2, 0.25) is 0 Å². The van der Waals surface area contributed by atoms with Crippen molar-refractivity contribution in [2.24, 2.45) is 4.99 Å². The van der Waals surface area contributed by atoms with Gasteiger partial charge in [0.15, 0.2) is 0 Å². The molecule has 0 bridgehead atoms. The first-order chi connectivity index (χ1) is 6.84. The molecule has 0 aromatic heterocycles. The number of aliphatic imine (C=N–C) groups is 1. The molecule has 0 N–H and O–H groups in total. The van der Waals surface area contributed by atoms with Gasteiger partial charge in [-0.1, -0.05) is 29.8 Å². The van der Waals surface area contributed by atoms with Crippen LogP contribution in [0, 0.1) is 6.92 Å². The molecule has 2 nitrogen and oxygen atoms in total. The van der Waals surface area contributed by atoms with Gasteiger partial charge in [-0.25, -0.2) is 4.99 Å². The lowest BCUT2D eigenvalue weighted by molar-refractivity contribution is 0.322. The Bertz CT molecular complexity index is 316. The molecule has 1 heterocycles. The first-order valence-electron chi connectivity index (χ1n) is 4.97. The first kappa shape index (κ1) is 9.25. The number of rotatable bonds is 3. The number of hydrogen-bond acceptors (Lipinski definition) is 2. The van der Waals surface area contributed by atoms with Crippen LogP contribution >= 0.6 is 0 Å². The van der Waals surface area contributed by atoms with Crippen molar-refractivity contribution < 1.29 is 4.74 Å². The second-order valence-corrected chi connectivity index (χ2v) is 3.71. The van der Waals surface area contributed by atoms with Gasteiger partial charge in [-0.3, -0.25) is 0 Å². The van der Waals surface area contributed by atoms with E-state index in [-0.39, 0.29) is 0 Å². The zero-order chi connectivity index (χ0) is 9.80. The lowest BCUT2D eigenvalue weighted by atomic mass is 10.0. The van der Waals surface area contributed by atoms with Gasteiger partial charge in [0, 0.05) is 0 Å². The summed E-state index contributed by atoms with van der Waals surface area (Å²) in [6.45, 7) is 2.81. The molecule has 14 heavy (non-hydrogen) atoms. The number of ether oxygens (including phenoxy) is 1. The fourth-order valence-corrected chi connectivity index (χ4v) is 1.52. The van der Waals surface area contributed by atoms with Gasteiger partial charge < -0.3 is 4.74 Å². The van der Waals surface area contributed by atoms with Crippen LogP contribution in [0.1, 0.15) is 17.5 Å². The topological polar surface area (TPSA) is 21.6 Å². The van der Waals surface area contributed by atoms with E-state index in [2.05, 4.69) is 42.6 Å². The van der Waals surface area contributed by atoms with E-state index in [0.717, 1.165) is 12.8 Å². The van der Waals surface area contributed by atoms with Crippen LogP contribution in [-0.2, 0) is 11.2 Å². The van der Waals surface area contributed by atoms with Crippen molar-refractivity contribution in [3.8, 4) is 0 Å². The molecule has 0 saturated carbocycles. The Morgan fingerprint density at radius 3 is 2.86 bits per heavy atom. The monoisotopic (exact) mass is 188 g/mol. The Balaban J connectivity index is 1.85. The Hall–Kier alpha value is -1.31. The van der Waals surface area contributed by atoms with Crippen LogP contribution in [0.25, 0.3) is 0 Å². The smallest absolute Gasteiger partial charge is 0.273 e. The summed E-state index contributed by atoms with van der Waals surface area (Å²) < 4.78 is 4.95. The average Bonchev–Trinajstić information content (AvgIpc) is 2.70. The highest BCUT2D eigenvalue weighted by molar-refractivity contribution is 5.48. The molecule has 1 atom stereocenters. The molecule has 0 aliphatic carbocycles. The highest BCUT2D eigenvalue weighted by Crippen LogP contribution is 2.11. The van der Waals surface area contributed by atoms with Crippen molar-refractivity contribution >= 4 is 6.40 Å². The normalized spacial score (nSPS) is 19.6. The number of aryl methyl sites for hydroxylation is 2. The molecule has 0 fully saturated rings. The number of benzene rings is 1. The lowest BCUT2D eigenvalue weighted by Crippen LogP contribution is -2.07. The van der Waals surface area contributed by atoms with E-state index in [4.69, 9.17) is 4.74 Å². The van der Waals surface area contributed by atoms with Crippen LogP contribution < -0.4 is 0 Å². The third-order valence-corrected chi connectivity index (χ3v) is 2.46. The quantitative estimate of drug-likeness (QED) is 0.712. The van der Waals surface area contributed by atoms with Gasteiger partial charge in [0.1, 0.15) is 6.61 Å². The molecule has 1 aromatic carbocycles. The van der Waals surface area contributed by atoms with Crippen molar-refractivity contribution in [1.29, 1.82) is 0 Å². The Morgan fingerprint density at radius 1 is 1.43 bits per heavy atom. The minimum atomic E-state index is 0.316. The van der Waals surface area contributed by atoms with Gasteiger partial charge >= 0.3 is 0 Å². The zero-order valence-corrected chi connectivity index (χ0v) is 8.36. The van der Waals surface area contributed by atoms with Crippen molar-refractivity contribution in [2.75, 3.05) is 6.61 Å².